The molecule has 1 atom stereocenters. The highest BCUT2D eigenvalue weighted by molar-refractivity contribution is 7.97. The minimum absolute atomic E-state index is 0.0145. The van der Waals surface area contributed by atoms with Gasteiger partial charge in [0.25, 0.3) is 0 Å². The van der Waals surface area contributed by atoms with Gasteiger partial charge in [-0.05, 0) is 53.6 Å². The summed E-state index contributed by atoms with van der Waals surface area (Å²) in [5.41, 5.74) is 2.79. The third-order valence-corrected chi connectivity index (χ3v) is 6.54. The molecule has 0 bridgehead atoms. The molecule has 166 valence electrons. The van der Waals surface area contributed by atoms with Gasteiger partial charge in [0.1, 0.15) is 17.1 Å². The van der Waals surface area contributed by atoms with Crippen LogP contribution in [-0.4, -0.2) is 24.5 Å². The van der Waals surface area contributed by atoms with Crippen LogP contribution in [-0.2, 0) is 17.8 Å². The Balaban J connectivity index is 1.62. The van der Waals surface area contributed by atoms with E-state index in [1.165, 1.54) is 16.4 Å². The number of methoxy groups -OCH3 is 1. The average Bonchev–Trinajstić information content (AvgIpc) is 2.83. The molecular formula is C26H19F2NO3S. The average molecular weight is 464 g/mol. The summed E-state index contributed by atoms with van der Waals surface area (Å²) in [4.78, 5) is 13.1. The van der Waals surface area contributed by atoms with Crippen molar-refractivity contribution in [2.45, 2.75) is 6.42 Å². The molecule has 7 heteroatoms. The SMILES string of the molecule is COc1ccc(CC#Cc2ccc3c(c2)C(=O)/C(=C\c2ccc(F)c(F)c2)[S+]([O-])N3C)cc1. The molecule has 0 radical (unpaired) electrons. The molecule has 0 saturated heterocycles. The Hall–Kier alpha value is -3.60. The minimum atomic E-state index is -1.78. The van der Waals surface area contributed by atoms with Crippen LogP contribution in [0.15, 0.2) is 65.6 Å². The van der Waals surface area contributed by atoms with Crippen LogP contribution in [0, 0.1) is 23.5 Å². The molecule has 4 rings (SSSR count). The second-order valence-electron chi connectivity index (χ2n) is 7.32. The molecular weight excluding hydrogens is 444 g/mol. The van der Waals surface area contributed by atoms with Crippen molar-refractivity contribution in [2.75, 3.05) is 18.5 Å². The second-order valence-corrected chi connectivity index (χ2v) is 8.80. The van der Waals surface area contributed by atoms with Crippen LogP contribution >= 0.6 is 0 Å². The lowest BCUT2D eigenvalue weighted by Crippen LogP contribution is -2.36. The lowest BCUT2D eigenvalue weighted by atomic mass is 10.0. The van der Waals surface area contributed by atoms with Gasteiger partial charge < -0.3 is 9.29 Å². The zero-order valence-corrected chi connectivity index (χ0v) is 18.7. The lowest BCUT2D eigenvalue weighted by molar-refractivity contribution is 0.104. The highest BCUT2D eigenvalue weighted by atomic mass is 32.2. The third-order valence-electron chi connectivity index (χ3n) is 5.17. The molecule has 0 amide bonds. The molecule has 3 aromatic rings. The van der Waals surface area contributed by atoms with Crippen LogP contribution in [0.25, 0.3) is 6.08 Å². The predicted molar refractivity (Wildman–Crippen MR) is 125 cm³/mol. The Morgan fingerprint density at radius 2 is 1.82 bits per heavy atom. The number of hydrogen-bond donors (Lipinski definition) is 0. The number of rotatable bonds is 3. The van der Waals surface area contributed by atoms with E-state index in [1.54, 1.807) is 32.4 Å². The summed E-state index contributed by atoms with van der Waals surface area (Å²) < 4.78 is 46.3. The fraction of sp³-hybridized carbons (Fsp3) is 0.115. The number of ether oxygens (including phenoxy) is 1. The van der Waals surface area contributed by atoms with Gasteiger partial charge in [-0.3, -0.25) is 4.79 Å². The number of anilines is 1. The van der Waals surface area contributed by atoms with Gasteiger partial charge in [0, 0.05) is 18.1 Å². The number of carbonyl (C=O) groups is 1. The maximum absolute atomic E-state index is 13.6. The fourth-order valence-electron chi connectivity index (χ4n) is 3.38. The van der Waals surface area contributed by atoms with Gasteiger partial charge in [0.05, 0.1) is 25.4 Å². The first kappa shape index (κ1) is 22.6. The summed E-state index contributed by atoms with van der Waals surface area (Å²) in [5.74, 6) is 4.45. The first-order valence-electron chi connectivity index (χ1n) is 10.0. The number of fused-ring (bicyclic) bond motifs is 1. The van der Waals surface area contributed by atoms with Gasteiger partial charge >= 0.3 is 0 Å². The van der Waals surface area contributed by atoms with E-state index in [1.807, 2.05) is 24.3 Å². The van der Waals surface area contributed by atoms with Crippen LogP contribution in [0.3, 0.4) is 0 Å². The van der Waals surface area contributed by atoms with E-state index in [0.29, 0.717) is 23.2 Å². The number of carbonyl (C=O) groups excluding carboxylic acids is 1. The van der Waals surface area contributed by atoms with Crippen molar-refractivity contribution in [3.8, 4) is 17.6 Å². The molecule has 0 aromatic heterocycles. The van der Waals surface area contributed by atoms with Gasteiger partial charge in [-0.2, -0.15) is 4.31 Å². The zero-order chi connectivity index (χ0) is 23.5. The number of hydrogen-bond acceptors (Lipinski definition) is 4. The topological polar surface area (TPSA) is 52.6 Å². The molecule has 1 heterocycles. The van der Waals surface area contributed by atoms with Crippen LogP contribution in [0.1, 0.15) is 27.0 Å². The van der Waals surface area contributed by atoms with E-state index in [9.17, 15) is 18.1 Å². The third kappa shape index (κ3) is 4.77. The molecule has 33 heavy (non-hydrogen) atoms. The molecule has 3 aromatic carbocycles. The van der Waals surface area contributed by atoms with E-state index in [-0.39, 0.29) is 10.5 Å². The van der Waals surface area contributed by atoms with E-state index in [2.05, 4.69) is 11.8 Å². The maximum Gasteiger partial charge on any atom is 0.245 e. The largest absolute Gasteiger partial charge is 0.588 e. The van der Waals surface area contributed by atoms with E-state index < -0.39 is 28.8 Å². The smallest absolute Gasteiger partial charge is 0.245 e. The van der Waals surface area contributed by atoms with Gasteiger partial charge in [-0.1, -0.05) is 30.0 Å². The summed E-state index contributed by atoms with van der Waals surface area (Å²) in [6.45, 7) is 0. The number of ketones is 1. The fourth-order valence-corrected chi connectivity index (χ4v) is 4.52. The van der Waals surface area contributed by atoms with Gasteiger partial charge in [-0.25, -0.2) is 8.78 Å². The molecule has 0 spiro atoms. The van der Waals surface area contributed by atoms with Gasteiger partial charge in [0.15, 0.2) is 11.6 Å². The van der Waals surface area contributed by atoms with E-state index in [4.69, 9.17) is 4.74 Å². The van der Waals surface area contributed by atoms with Crippen molar-refractivity contribution in [3.05, 3.63) is 99.5 Å². The Morgan fingerprint density at radius 1 is 1.06 bits per heavy atom. The van der Waals surface area contributed by atoms with Crippen LogP contribution in [0.5, 0.6) is 5.75 Å². The van der Waals surface area contributed by atoms with Crippen LogP contribution in [0.2, 0.25) is 0 Å². The lowest BCUT2D eigenvalue weighted by Gasteiger charge is -2.29. The molecule has 1 aliphatic rings. The first-order chi connectivity index (χ1) is 15.9. The van der Waals surface area contributed by atoms with Crippen LogP contribution < -0.4 is 9.04 Å². The van der Waals surface area contributed by atoms with Crippen molar-refractivity contribution in [3.63, 3.8) is 0 Å². The number of benzene rings is 3. The molecule has 0 saturated carbocycles. The Labute approximate surface area is 193 Å². The Bertz CT molecular complexity index is 1310. The molecule has 1 aliphatic heterocycles. The molecule has 1 unspecified atom stereocenters. The molecule has 0 N–H and O–H groups in total. The highest BCUT2D eigenvalue weighted by Crippen LogP contribution is 2.35. The molecule has 0 fully saturated rings. The Morgan fingerprint density at radius 3 is 2.52 bits per heavy atom. The number of allylic oxidation sites excluding steroid dienone is 1. The quantitative estimate of drug-likeness (QED) is 0.315. The normalized spacial score (nSPS) is 16.3. The van der Waals surface area contributed by atoms with E-state index in [0.717, 1.165) is 23.4 Å². The van der Waals surface area contributed by atoms with Crippen molar-refractivity contribution in [2.24, 2.45) is 0 Å². The summed E-state index contributed by atoms with van der Waals surface area (Å²) in [5, 5.41) is 0. The standard InChI is InChI=1S/C26H19F2NO3S/c1-29-24-13-9-18(5-3-4-17-6-10-20(32-2)11-7-17)14-21(24)26(30)25(33(29)31)16-19-8-12-22(27)23(28)15-19/h6-16H,4H2,1-2H3/b25-16+. The van der Waals surface area contributed by atoms with Gasteiger partial charge in [-0.15, -0.1) is 0 Å². The second kappa shape index (κ2) is 9.49. The van der Waals surface area contributed by atoms with Crippen molar-refractivity contribution < 1.29 is 22.9 Å². The number of Topliss-reactive ketones (excluding diaryl/α,β-unsaturated/α-hetero) is 1. The predicted octanol–water partition coefficient (Wildman–Crippen LogP) is 4.90. The summed E-state index contributed by atoms with van der Waals surface area (Å²) in [6.07, 6.45) is 1.85. The Kier molecular flexibility index (Phi) is 6.50. The highest BCUT2D eigenvalue weighted by Gasteiger charge is 2.38. The zero-order valence-electron chi connectivity index (χ0n) is 17.9. The number of nitrogens with zero attached hydrogens (tertiary/aromatic N) is 1. The van der Waals surface area contributed by atoms with Crippen molar-refractivity contribution in [1.29, 1.82) is 0 Å². The summed E-state index contributed by atoms with van der Waals surface area (Å²) in [6, 6.07) is 16.0. The molecule has 0 aliphatic carbocycles. The maximum atomic E-state index is 13.6. The minimum Gasteiger partial charge on any atom is -0.588 e. The number of halogens is 2. The summed E-state index contributed by atoms with van der Waals surface area (Å²) >= 11 is -1.78. The van der Waals surface area contributed by atoms with Crippen molar-refractivity contribution >= 4 is 28.9 Å². The van der Waals surface area contributed by atoms with Crippen LogP contribution in [0.4, 0.5) is 14.5 Å². The summed E-state index contributed by atoms with van der Waals surface area (Å²) in [7, 11) is 3.22. The first-order valence-corrected chi connectivity index (χ1v) is 11.1. The monoisotopic (exact) mass is 463 g/mol. The van der Waals surface area contributed by atoms with Gasteiger partial charge in [0.2, 0.25) is 10.7 Å². The van der Waals surface area contributed by atoms with E-state index >= 15 is 0 Å². The molecule has 4 nitrogen and oxygen atoms in total. The van der Waals surface area contributed by atoms with Crippen molar-refractivity contribution in [1.82, 2.24) is 0 Å².